The van der Waals surface area contributed by atoms with E-state index >= 15 is 0 Å². The fraction of sp³-hybridized carbons (Fsp3) is 0.188. The molecule has 0 aromatic heterocycles. The van der Waals surface area contributed by atoms with Crippen molar-refractivity contribution in [1.82, 2.24) is 10.6 Å². The first-order valence-corrected chi connectivity index (χ1v) is 17.7. The third-order valence-corrected chi connectivity index (χ3v) is 8.18. The summed E-state index contributed by atoms with van der Waals surface area (Å²) in [7, 11) is -1.32. The summed E-state index contributed by atoms with van der Waals surface area (Å²) in [5.74, 6) is 2.61. The van der Waals surface area contributed by atoms with Crippen LogP contribution in [0.4, 0.5) is 11.4 Å². The van der Waals surface area contributed by atoms with Gasteiger partial charge in [0.15, 0.2) is 11.3 Å². The third-order valence-electron chi connectivity index (χ3n) is 5.89. The Kier molecular flexibility index (Phi) is 16.2. The Hall–Kier alpha value is -4.12. The van der Waals surface area contributed by atoms with E-state index in [9.17, 15) is 0 Å². The lowest BCUT2D eigenvalue weighted by molar-refractivity contribution is 0.381. The van der Waals surface area contributed by atoms with Crippen LogP contribution in [0.25, 0.3) is 0 Å². The number of aliphatic imine (C=N–C) groups is 2. The number of rotatable bonds is 7. The summed E-state index contributed by atoms with van der Waals surface area (Å²) in [6.07, 6.45) is 0. The van der Waals surface area contributed by atoms with E-state index in [1.807, 2.05) is 60.7 Å². The molecule has 2 heterocycles. The number of methoxy groups -OCH3 is 2. The number of amidine groups is 1. The van der Waals surface area contributed by atoms with Crippen LogP contribution < -0.4 is 31.2 Å². The van der Waals surface area contributed by atoms with E-state index in [0.717, 1.165) is 55.0 Å². The zero-order valence-corrected chi connectivity index (χ0v) is 29.4. The highest BCUT2D eigenvalue weighted by Gasteiger charge is 2.05. The Morgan fingerprint density at radius 3 is 1.44 bits per heavy atom. The standard InChI is InChI=1S/C16H17N3OS.C13H13NOS.C3H5ClN2.H2O4S/c1-20-13-4-8-15(9-5-13)21-14-6-2-12(3-7-14)19-16-17-10-11-18-16;1-15-11-4-8-13(9-5-11)16-12-6-2-10(14)3-7-12;4-3-5-1-2-6-3;1-5(2,3)4/h2-9H,10-11H2,1H3,(H2,17,18,19);2-9H,14H2,1H3;1-2H2,(H,5,6);(H2,1,2,3,4). The number of nitrogen functional groups attached to an aromatic ring is 1. The summed E-state index contributed by atoms with van der Waals surface area (Å²) in [6.45, 7) is 3.49. The minimum atomic E-state index is -4.67. The molecular formula is C32H37ClN6O6S3. The first-order chi connectivity index (χ1) is 23.0. The van der Waals surface area contributed by atoms with Gasteiger partial charge in [0.25, 0.3) is 0 Å². The fourth-order valence-electron chi connectivity index (χ4n) is 3.69. The average Bonchev–Trinajstić information content (AvgIpc) is 3.78. The van der Waals surface area contributed by atoms with Gasteiger partial charge >= 0.3 is 10.4 Å². The van der Waals surface area contributed by atoms with Crippen LogP contribution in [0.15, 0.2) is 127 Å². The lowest BCUT2D eigenvalue weighted by Gasteiger charge is -2.08. The zero-order chi connectivity index (χ0) is 34.8. The van der Waals surface area contributed by atoms with Crippen molar-refractivity contribution in [3.05, 3.63) is 97.1 Å². The van der Waals surface area contributed by atoms with Crippen LogP contribution in [0, 0.1) is 0 Å². The molecule has 0 saturated heterocycles. The Morgan fingerprint density at radius 1 is 0.708 bits per heavy atom. The van der Waals surface area contributed by atoms with Crippen molar-refractivity contribution < 1.29 is 27.0 Å². The highest BCUT2D eigenvalue weighted by molar-refractivity contribution is 7.99. The number of guanidine groups is 1. The smallest absolute Gasteiger partial charge is 0.394 e. The van der Waals surface area contributed by atoms with E-state index in [1.165, 1.54) is 19.6 Å². The molecule has 12 nitrogen and oxygen atoms in total. The first kappa shape index (κ1) is 38.3. The van der Waals surface area contributed by atoms with Crippen molar-refractivity contribution >= 4 is 68.2 Å². The summed E-state index contributed by atoms with van der Waals surface area (Å²) in [6, 6.07) is 32.3. The molecule has 256 valence electrons. The van der Waals surface area contributed by atoms with E-state index in [0.29, 0.717) is 5.29 Å². The predicted octanol–water partition coefficient (Wildman–Crippen LogP) is 6.18. The van der Waals surface area contributed by atoms with Gasteiger partial charge in [0.05, 0.1) is 27.3 Å². The molecule has 0 spiro atoms. The van der Waals surface area contributed by atoms with E-state index in [2.05, 4.69) is 62.3 Å². The molecule has 0 amide bonds. The van der Waals surface area contributed by atoms with Crippen molar-refractivity contribution in [1.29, 1.82) is 0 Å². The second-order valence-corrected chi connectivity index (χ2v) is 13.0. The molecule has 4 aromatic carbocycles. The topological polar surface area (TPSA) is 180 Å². The third kappa shape index (κ3) is 16.1. The largest absolute Gasteiger partial charge is 0.497 e. The molecule has 0 bridgehead atoms. The quantitative estimate of drug-likeness (QED) is 0.0723. The normalized spacial score (nSPS) is 12.9. The number of nitrogens with zero attached hydrogens (tertiary/aromatic N) is 2. The van der Waals surface area contributed by atoms with Crippen molar-refractivity contribution in [2.24, 2.45) is 9.98 Å². The Bertz CT molecular complexity index is 1700. The van der Waals surface area contributed by atoms with Gasteiger partial charge in [-0.2, -0.15) is 8.42 Å². The highest BCUT2D eigenvalue weighted by atomic mass is 35.5. The molecule has 0 radical (unpaired) electrons. The molecule has 16 heteroatoms. The lowest BCUT2D eigenvalue weighted by Crippen LogP contribution is -2.26. The van der Waals surface area contributed by atoms with Gasteiger partial charge in [0.1, 0.15) is 11.5 Å². The summed E-state index contributed by atoms with van der Waals surface area (Å²) in [5, 5.41) is 9.84. The first-order valence-electron chi connectivity index (χ1n) is 14.3. The van der Waals surface area contributed by atoms with Crippen molar-refractivity contribution in [3.63, 3.8) is 0 Å². The monoisotopic (exact) mass is 732 g/mol. The molecule has 4 aromatic rings. The minimum Gasteiger partial charge on any atom is -0.497 e. The van der Waals surface area contributed by atoms with Gasteiger partial charge in [-0.3, -0.25) is 19.1 Å². The molecular weight excluding hydrogens is 696 g/mol. The average molecular weight is 733 g/mol. The van der Waals surface area contributed by atoms with Gasteiger partial charge in [0.2, 0.25) is 0 Å². The molecule has 48 heavy (non-hydrogen) atoms. The van der Waals surface area contributed by atoms with Crippen LogP contribution in [0.2, 0.25) is 0 Å². The number of halogens is 1. The number of nitrogens with two attached hydrogens (primary N) is 1. The number of hydrogen-bond donors (Lipinski definition) is 6. The van der Waals surface area contributed by atoms with Gasteiger partial charge < -0.3 is 31.2 Å². The van der Waals surface area contributed by atoms with Crippen LogP contribution in [-0.4, -0.2) is 69.2 Å². The molecule has 6 rings (SSSR count). The van der Waals surface area contributed by atoms with Crippen molar-refractivity contribution in [3.8, 4) is 11.5 Å². The molecule has 0 fully saturated rings. The maximum atomic E-state index is 8.74. The van der Waals surface area contributed by atoms with Gasteiger partial charge in [-0.05, 0) is 109 Å². The molecule has 7 N–H and O–H groups in total. The van der Waals surface area contributed by atoms with Crippen LogP contribution in [0.3, 0.4) is 0 Å². The van der Waals surface area contributed by atoms with E-state index in [1.54, 1.807) is 37.7 Å². The van der Waals surface area contributed by atoms with Gasteiger partial charge in [0, 0.05) is 44.0 Å². The fourth-order valence-corrected chi connectivity index (χ4v) is 5.50. The number of anilines is 2. The zero-order valence-electron chi connectivity index (χ0n) is 26.2. The molecule has 0 atom stereocenters. The maximum absolute atomic E-state index is 8.74. The lowest BCUT2D eigenvalue weighted by atomic mass is 10.3. The second kappa shape index (κ2) is 20.3. The number of ether oxygens (including phenoxy) is 2. The molecule has 0 saturated carbocycles. The number of nitrogens with one attached hydrogen (secondary N) is 3. The molecule has 0 unspecified atom stereocenters. The van der Waals surface area contributed by atoms with E-state index in [-0.39, 0.29) is 0 Å². The summed E-state index contributed by atoms with van der Waals surface area (Å²) >= 11 is 8.78. The van der Waals surface area contributed by atoms with Crippen molar-refractivity contribution in [2.75, 3.05) is 51.4 Å². The summed E-state index contributed by atoms with van der Waals surface area (Å²) < 4.78 is 41.9. The van der Waals surface area contributed by atoms with Crippen molar-refractivity contribution in [2.45, 2.75) is 19.6 Å². The van der Waals surface area contributed by atoms with Crippen LogP contribution in [0.1, 0.15) is 0 Å². The number of benzene rings is 4. The highest BCUT2D eigenvalue weighted by Crippen LogP contribution is 2.30. The molecule has 2 aliphatic heterocycles. The van der Waals surface area contributed by atoms with Crippen LogP contribution in [0.5, 0.6) is 11.5 Å². The van der Waals surface area contributed by atoms with Gasteiger partial charge in [-0.25, -0.2) is 0 Å². The second-order valence-electron chi connectivity index (χ2n) is 9.48. The number of hydrogen-bond acceptors (Lipinski definition) is 12. The Labute approximate surface area is 294 Å². The van der Waals surface area contributed by atoms with Crippen LogP contribution in [-0.2, 0) is 10.4 Å². The Morgan fingerprint density at radius 2 is 1.10 bits per heavy atom. The van der Waals surface area contributed by atoms with Gasteiger partial charge in [-0.1, -0.05) is 23.5 Å². The predicted molar refractivity (Wildman–Crippen MR) is 196 cm³/mol. The van der Waals surface area contributed by atoms with E-state index < -0.39 is 10.4 Å². The molecule has 2 aliphatic rings. The SMILES string of the molecule is COc1ccc(Sc2ccc(N)cc2)cc1.COc1ccc(Sc2ccc(NC3=NCCN3)cc2)cc1.ClC1=NCCN1.O=S(=O)(O)O. The van der Waals surface area contributed by atoms with Crippen LogP contribution >= 0.6 is 35.1 Å². The maximum Gasteiger partial charge on any atom is 0.394 e. The Balaban J connectivity index is 0.000000202. The minimum absolute atomic E-state index is 0.551. The van der Waals surface area contributed by atoms with Gasteiger partial charge in [-0.15, -0.1) is 0 Å². The summed E-state index contributed by atoms with van der Waals surface area (Å²) in [5.41, 5.74) is 7.47. The summed E-state index contributed by atoms with van der Waals surface area (Å²) in [4.78, 5) is 12.9. The van der Waals surface area contributed by atoms with E-state index in [4.69, 9.17) is 44.3 Å². The molecule has 0 aliphatic carbocycles.